The molecule has 4 aromatic rings. The Kier molecular flexibility index (Phi) is 5.15. The van der Waals surface area contributed by atoms with Gasteiger partial charge in [0.05, 0.1) is 11.1 Å². The van der Waals surface area contributed by atoms with Crippen LogP contribution in [0.4, 0.5) is 11.6 Å². The second-order valence-electron chi connectivity index (χ2n) is 7.89. The first kappa shape index (κ1) is 19.7. The normalized spacial score (nSPS) is 14.8. The lowest BCUT2D eigenvalue weighted by Crippen LogP contribution is -2.38. The second kappa shape index (κ2) is 8.11. The van der Waals surface area contributed by atoms with Gasteiger partial charge in [-0.25, -0.2) is 14.6 Å². The van der Waals surface area contributed by atoms with E-state index in [2.05, 4.69) is 39.1 Å². The van der Waals surface area contributed by atoms with Gasteiger partial charge in [-0.1, -0.05) is 18.2 Å². The number of fused-ring (bicyclic) bond motifs is 1. The summed E-state index contributed by atoms with van der Waals surface area (Å²) in [5, 5.41) is 8.62. The number of carbonyl (C=O) groups is 1. The molecular formula is C23H24N6OS. The van der Waals surface area contributed by atoms with Gasteiger partial charge in [0.2, 0.25) is 5.91 Å². The fourth-order valence-electron chi connectivity index (χ4n) is 4.10. The molecule has 1 N–H and O–H groups in total. The molecule has 4 heterocycles. The van der Waals surface area contributed by atoms with Crippen LogP contribution in [0.3, 0.4) is 0 Å². The van der Waals surface area contributed by atoms with Crippen molar-refractivity contribution in [3.8, 4) is 5.69 Å². The van der Waals surface area contributed by atoms with Gasteiger partial charge in [-0.05, 0) is 44.4 Å². The van der Waals surface area contributed by atoms with Gasteiger partial charge in [0, 0.05) is 36.1 Å². The second-order valence-corrected chi connectivity index (χ2v) is 9.10. The Morgan fingerprint density at radius 2 is 1.87 bits per heavy atom. The number of thiophene rings is 1. The minimum Gasteiger partial charge on any atom is -0.356 e. The standard InChI is InChI=1S/C23H24N6OS/c1-15-16(2)31-23-20(15)21(24-14-25-23)28-11-8-17(9-12-28)22(30)26-19-10-13-29(27-19)18-6-4-3-5-7-18/h3-7,10,13-14,17H,8-9,11-12H2,1-2H3,(H,26,27,30). The maximum Gasteiger partial charge on any atom is 0.228 e. The number of nitrogens with zero attached hydrogens (tertiary/aromatic N) is 5. The van der Waals surface area contributed by atoms with E-state index < -0.39 is 0 Å². The van der Waals surface area contributed by atoms with Crippen LogP contribution in [0.1, 0.15) is 23.3 Å². The molecule has 1 saturated heterocycles. The van der Waals surface area contributed by atoms with Gasteiger partial charge < -0.3 is 10.2 Å². The quantitative estimate of drug-likeness (QED) is 0.519. The number of aromatic nitrogens is 4. The molecule has 1 aliphatic heterocycles. The van der Waals surface area contributed by atoms with Crippen LogP contribution in [0, 0.1) is 19.8 Å². The average Bonchev–Trinajstić information content (AvgIpc) is 3.38. The van der Waals surface area contributed by atoms with Gasteiger partial charge >= 0.3 is 0 Å². The van der Waals surface area contributed by atoms with Gasteiger partial charge in [0.1, 0.15) is 17.0 Å². The Morgan fingerprint density at radius 3 is 2.65 bits per heavy atom. The van der Waals surface area contributed by atoms with E-state index in [-0.39, 0.29) is 11.8 Å². The number of rotatable bonds is 4. The van der Waals surface area contributed by atoms with E-state index in [1.807, 2.05) is 42.6 Å². The van der Waals surface area contributed by atoms with Crippen LogP contribution in [0.2, 0.25) is 0 Å². The minimum atomic E-state index is -0.0271. The first-order chi connectivity index (χ1) is 15.1. The fourth-order valence-corrected chi connectivity index (χ4v) is 5.09. The number of hydrogen-bond donors (Lipinski definition) is 1. The predicted molar refractivity (Wildman–Crippen MR) is 124 cm³/mol. The highest BCUT2D eigenvalue weighted by Crippen LogP contribution is 2.35. The van der Waals surface area contributed by atoms with Crippen LogP contribution in [0.25, 0.3) is 15.9 Å². The van der Waals surface area contributed by atoms with E-state index in [4.69, 9.17) is 0 Å². The zero-order chi connectivity index (χ0) is 21.4. The molecule has 0 radical (unpaired) electrons. The highest BCUT2D eigenvalue weighted by molar-refractivity contribution is 7.18. The van der Waals surface area contributed by atoms with Crippen molar-refractivity contribution in [1.82, 2.24) is 19.7 Å². The lowest BCUT2D eigenvalue weighted by atomic mass is 9.95. The average molecular weight is 433 g/mol. The highest BCUT2D eigenvalue weighted by Gasteiger charge is 2.27. The monoisotopic (exact) mass is 432 g/mol. The van der Waals surface area contributed by atoms with Gasteiger partial charge in [-0.3, -0.25) is 4.79 Å². The number of hydrogen-bond acceptors (Lipinski definition) is 6. The van der Waals surface area contributed by atoms with E-state index in [0.29, 0.717) is 5.82 Å². The van der Waals surface area contributed by atoms with Crippen molar-refractivity contribution in [3.63, 3.8) is 0 Å². The number of anilines is 2. The summed E-state index contributed by atoms with van der Waals surface area (Å²) in [6.45, 7) is 5.87. The number of aryl methyl sites for hydroxylation is 2. The fraction of sp³-hybridized carbons (Fsp3) is 0.304. The SMILES string of the molecule is Cc1sc2ncnc(N3CCC(C(=O)Nc4ccn(-c5ccccc5)n4)CC3)c2c1C. The van der Waals surface area contributed by atoms with E-state index in [9.17, 15) is 4.79 Å². The summed E-state index contributed by atoms with van der Waals surface area (Å²) in [5.74, 6) is 1.58. The van der Waals surface area contributed by atoms with Crippen LogP contribution in [-0.4, -0.2) is 38.7 Å². The molecular weight excluding hydrogens is 408 g/mol. The van der Waals surface area contributed by atoms with Crippen molar-refractivity contribution in [1.29, 1.82) is 0 Å². The van der Waals surface area contributed by atoms with E-state index in [1.165, 1.54) is 10.4 Å². The maximum atomic E-state index is 12.8. The Morgan fingerprint density at radius 1 is 1.10 bits per heavy atom. The van der Waals surface area contributed by atoms with Crippen LogP contribution in [-0.2, 0) is 4.79 Å². The predicted octanol–water partition coefficient (Wildman–Crippen LogP) is 4.35. The molecule has 1 aromatic carbocycles. The summed E-state index contributed by atoms with van der Waals surface area (Å²) in [4.78, 5) is 26.4. The molecule has 0 bridgehead atoms. The molecule has 1 aliphatic rings. The Balaban J connectivity index is 1.24. The summed E-state index contributed by atoms with van der Waals surface area (Å²) < 4.78 is 1.77. The number of carbonyl (C=O) groups excluding carboxylic acids is 1. The first-order valence-electron chi connectivity index (χ1n) is 10.5. The molecule has 0 unspecified atom stereocenters. The smallest absolute Gasteiger partial charge is 0.228 e. The molecule has 158 valence electrons. The third kappa shape index (κ3) is 3.79. The van der Waals surface area contributed by atoms with Gasteiger partial charge in [0.25, 0.3) is 0 Å². The Hall–Kier alpha value is -3.26. The molecule has 1 fully saturated rings. The van der Waals surface area contributed by atoms with E-state index in [0.717, 1.165) is 47.7 Å². The summed E-state index contributed by atoms with van der Waals surface area (Å²) in [6, 6.07) is 11.7. The third-order valence-electron chi connectivity index (χ3n) is 5.97. The summed E-state index contributed by atoms with van der Waals surface area (Å²) in [7, 11) is 0. The van der Waals surface area contributed by atoms with Crippen LogP contribution in [0.5, 0.6) is 0 Å². The highest BCUT2D eigenvalue weighted by atomic mass is 32.1. The number of benzene rings is 1. The first-order valence-corrected chi connectivity index (χ1v) is 11.3. The molecule has 3 aromatic heterocycles. The number of piperidine rings is 1. The van der Waals surface area contributed by atoms with Gasteiger partial charge in [0.15, 0.2) is 5.82 Å². The molecule has 8 heteroatoms. The zero-order valence-electron chi connectivity index (χ0n) is 17.6. The summed E-state index contributed by atoms with van der Waals surface area (Å²) >= 11 is 1.71. The lowest BCUT2D eigenvalue weighted by Gasteiger charge is -2.32. The maximum absolute atomic E-state index is 12.8. The third-order valence-corrected chi connectivity index (χ3v) is 7.09. The van der Waals surface area contributed by atoms with Gasteiger partial charge in [-0.2, -0.15) is 5.10 Å². The topological polar surface area (TPSA) is 75.9 Å². The largest absolute Gasteiger partial charge is 0.356 e. The van der Waals surface area contributed by atoms with Crippen LogP contribution >= 0.6 is 11.3 Å². The molecule has 0 atom stereocenters. The summed E-state index contributed by atoms with van der Waals surface area (Å²) in [6.07, 6.45) is 5.09. The van der Waals surface area contributed by atoms with Crippen LogP contribution < -0.4 is 10.2 Å². The molecule has 31 heavy (non-hydrogen) atoms. The minimum absolute atomic E-state index is 0.0271. The molecule has 0 saturated carbocycles. The van der Waals surface area contributed by atoms with Crippen molar-refractivity contribution < 1.29 is 4.79 Å². The molecule has 5 rings (SSSR count). The van der Waals surface area contributed by atoms with E-state index in [1.54, 1.807) is 22.3 Å². The molecule has 1 amide bonds. The van der Waals surface area contributed by atoms with Crippen molar-refractivity contribution in [2.24, 2.45) is 5.92 Å². The number of para-hydroxylation sites is 1. The summed E-state index contributed by atoms with van der Waals surface area (Å²) in [5.41, 5.74) is 2.22. The molecule has 0 spiro atoms. The van der Waals surface area contributed by atoms with E-state index >= 15 is 0 Å². The Labute approximate surface area is 184 Å². The van der Waals surface area contributed by atoms with Crippen molar-refractivity contribution >= 4 is 39.1 Å². The van der Waals surface area contributed by atoms with Crippen molar-refractivity contribution in [2.75, 3.05) is 23.3 Å². The molecule has 0 aliphatic carbocycles. The zero-order valence-corrected chi connectivity index (χ0v) is 18.4. The van der Waals surface area contributed by atoms with Crippen LogP contribution in [0.15, 0.2) is 48.9 Å². The van der Waals surface area contributed by atoms with Gasteiger partial charge in [-0.15, -0.1) is 11.3 Å². The molecule has 7 nitrogen and oxygen atoms in total. The number of nitrogens with one attached hydrogen (secondary N) is 1. The number of amides is 1. The van der Waals surface area contributed by atoms with Crippen molar-refractivity contribution in [3.05, 3.63) is 59.4 Å². The lowest BCUT2D eigenvalue weighted by molar-refractivity contribution is -0.120. The Bertz CT molecular complexity index is 1220. The van der Waals surface area contributed by atoms with Crippen molar-refractivity contribution in [2.45, 2.75) is 26.7 Å².